The fraction of sp³-hybridized carbons (Fsp3) is 0.400. The standard InChI is InChI=1S/C15H17ClN2O2S/c1-3-4-17-9(2)12-7-21-15(18-12)10-5-11(16)14-13(6-10)19-8-20-14/h5-7,9,17H,3-4,8H2,1-2H3. The number of hydrogen-bond acceptors (Lipinski definition) is 5. The molecule has 2 aromatic rings. The summed E-state index contributed by atoms with van der Waals surface area (Å²) in [7, 11) is 0. The fourth-order valence-corrected chi connectivity index (χ4v) is 3.34. The Morgan fingerprint density at radius 2 is 2.29 bits per heavy atom. The minimum Gasteiger partial charge on any atom is -0.454 e. The van der Waals surface area contributed by atoms with E-state index in [-0.39, 0.29) is 12.8 Å². The molecule has 0 bridgehead atoms. The Hall–Kier alpha value is -1.30. The third-order valence-electron chi connectivity index (χ3n) is 3.34. The van der Waals surface area contributed by atoms with E-state index in [4.69, 9.17) is 26.1 Å². The Labute approximate surface area is 133 Å². The third-order valence-corrected chi connectivity index (χ3v) is 4.53. The topological polar surface area (TPSA) is 43.4 Å². The van der Waals surface area contributed by atoms with Gasteiger partial charge in [-0.2, -0.15) is 0 Å². The van der Waals surface area contributed by atoms with Crippen LogP contribution in [0.4, 0.5) is 0 Å². The summed E-state index contributed by atoms with van der Waals surface area (Å²) in [5.41, 5.74) is 2.01. The van der Waals surface area contributed by atoms with Crippen LogP contribution < -0.4 is 14.8 Å². The molecule has 0 saturated heterocycles. The molecule has 1 aliphatic rings. The van der Waals surface area contributed by atoms with Crippen LogP contribution >= 0.6 is 22.9 Å². The van der Waals surface area contributed by atoms with Crippen LogP contribution in [-0.4, -0.2) is 18.3 Å². The van der Waals surface area contributed by atoms with Crippen LogP contribution in [0.1, 0.15) is 32.0 Å². The minimum absolute atomic E-state index is 0.222. The molecule has 0 saturated carbocycles. The maximum absolute atomic E-state index is 6.22. The van der Waals surface area contributed by atoms with Crippen molar-refractivity contribution in [2.24, 2.45) is 0 Å². The number of aromatic nitrogens is 1. The predicted octanol–water partition coefficient (Wildman–Crippen LogP) is 4.25. The number of halogens is 1. The maximum atomic E-state index is 6.22. The monoisotopic (exact) mass is 324 g/mol. The van der Waals surface area contributed by atoms with Gasteiger partial charge in [0.1, 0.15) is 5.01 Å². The van der Waals surface area contributed by atoms with Gasteiger partial charge in [-0.25, -0.2) is 4.98 Å². The van der Waals surface area contributed by atoms with Crippen molar-refractivity contribution >= 4 is 22.9 Å². The first-order valence-electron chi connectivity index (χ1n) is 6.97. The van der Waals surface area contributed by atoms with Crippen LogP contribution in [0.25, 0.3) is 10.6 Å². The zero-order valence-corrected chi connectivity index (χ0v) is 13.6. The molecule has 3 rings (SSSR count). The lowest BCUT2D eigenvalue weighted by Gasteiger charge is -2.09. The van der Waals surface area contributed by atoms with Gasteiger partial charge in [-0.15, -0.1) is 11.3 Å². The molecule has 0 radical (unpaired) electrons. The number of hydrogen-bond donors (Lipinski definition) is 1. The second-order valence-corrected chi connectivity index (χ2v) is 6.21. The Morgan fingerprint density at radius 3 is 3.10 bits per heavy atom. The molecule has 1 unspecified atom stereocenters. The molecule has 0 amide bonds. The molecule has 6 heteroatoms. The van der Waals surface area contributed by atoms with Crippen LogP contribution in [-0.2, 0) is 0 Å². The lowest BCUT2D eigenvalue weighted by atomic mass is 10.2. The van der Waals surface area contributed by atoms with Crippen molar-refractivity contribution in [3.8, 4) is 22.1 Å². The lowest BCUT2D eigenvalue weighted by Crippen LogP contribution is -2.19. The van der Waals surface area contributed by atoms with Gasteiger partial charge < -0.3 is 14.8 Å². The molecule has 4 nitrogen and oxygen atoms in total. The Morgan fingerprint density at radius 1 is 1.43 bits per heavy atom. The second kappa shape index (κ2) is 6.22. The molecule has 1 atom stereocenters. The van der Waals surface area contributed by atoms with E-state index in [0.717, 1.165) is 29.2 Å². The van der Waals surface area contributed by atoms with Gasteiger partial charge >= 0.3 is 0 Å². The van der Waals surface area contributed by atoms with Crippen LogP contribution in [0.2, 0.25) is 5.02 Å². The molecular formula is C15H17ClN2O2S. The maximum Gasteiger partial charge on any atom is 0.231 e. The Bertz CT molecular complexity index is 645. The molecule has 2 heterocycles. The summed E-state index contributed by atoms with van der Waals surface area (Å²) < 4.78 is 10.7. The number of rotatable bonds is 5. The van der Waals surface area contributed by atoms with Gasteiger partial charge in [-0.3, -0.25) is 0 Å². The predicted molar refractivity (Wildman–Crippen MR) is 85.4 cm³/mol. The van der Waals surface area contributed by atoms with E-state index in [9.17, 15) is 0 Å². The number of nitrogens with one attached hydrogen (secondary N) is 1. The number of fused-ring (bicyclic) bond motifs is 1. The van der Waals surface area contributed by atoms with E-state index in [1.165, 1.54) is 0 Å². The zero-order chi connectivity index (χ0) is 14.8. The lowest BCUT2D eigenvalue weighted by molar-refractivity contribution is 0.174. The quantitative estimate of drug-likeness (QED) is 0.892. The Balaban J connectivity index is 1.85. The van der Waals surface area contributed by atoms with Crippen molar-refractivity contribution in [3.63, 3.8) is 0 Å². The second-order valence-electron chi connectivity index (χ2n) is 4.95. The largest absolute Gasteiger partial charge is 0.454 e. The number of nitrogens with zero attached hydrogens (tertiary/aromatic N) is 1. The van der Waals surface area contributed by atoms with E-state index in [2.05, 4.69) is 24.5 Å². The summed E-state index contributed by atoms with van der Waals surface area (Å²) >= 11 is 7.83. The third kappa shape index (κ3) is 3.00. The molecular weight excluding hydrogens is 308 g/mol. The van der Waals surface area contributed by atoms with E-state index >= 15 is 0 Å². The molecule has 1 aromatic carbocycles. The van der Waals surface area contributed by atoms with Gasteiger partial charge in [0.15, 0.2) is 11.5 Å². The average Bonchev–Trinajstić information content (AvgIpc) is 3.13. The summed E-state index contributed by atoms with van der Waals surface area (Å²) in [5, 5.41) is 7.03. The molecule has 21 heavy (non-hydrogen) atoms. The van der Waals surface area contributed by atoms with Gasteiger partial charge in [-0.05, 0) is 32.0 Å². The van der Waals surface area contributed by atoms with E-state index in [1.807, 2.05) is 12.1 Å². The fourth-order valence-electron chi connectivity index (χ4n) is 2.17. The first-order chi connectivity index (χ1) is 10.2. The van der Waals surface area contributed by atoms with Gasteiger partial charge in [0.25, 0.3) is 0 Å². The summed E-state index contributed by atoms with van der Waals surface area (Å²) in [6, 6.07) is 4.06. The van der Waals surface area contributed by atoms with Crippen molar-refractivity contribution in [2.75, 3.05) is 13.3 Å². The number of thiazole rings is 1. The van der Waals surface area contributed by atoms with E-state index in [1.54, 1.807) is 11.3 Å². The summed E-state index contributed by atoms with van der Waals surface area (Å²) in [6.45, 7) is 5.49. The van der Waals surface area contributed by atoms with Crippen molar-refractivity contribution in [1.82, 2.24) is 10.3 Å². The first kappa shape index (κ1) is 14.6. The highest BCUT2D eigenvalue weighted by Gasteiger charge is 2.20. The number of ether oxygens (including phenoxy) is 2. The highest BCUT2D eigenvalue weighted by Crippen LogP contribution is 2.42. The molecule has 0 spiro atoms. The smallest absolute Gasteiger partial charge is 0.231 e. The number of benzene rings is 1. The van der Waals surface area contributed by atoms with E-state index in [0.29, 0.717) is 16.5 Å². The van der Waals surface area contributed by atoms with Crippen LogP contribution in [0, 0.1) is 0 Å². The Kier molecular flexibility index (Phi) is 4.33. The molecule has 0 aliphatic carbocycles. The molecule has 112 valence electrons. The molecule has 1 aromatic heterocycles. The van der Waals surface area contributed by atoms with Gasteiger partial charge in [-0.1, -0.05) is 18.5 Å². The van der Waals surface area contributed by atoms with Crippen molar-refractivity contribution < 1.29 is 9.47 Å². The first-order valence-corrected chi connectivity index (χ1v) is 8.23. The summed E-state index contributed by atoms with van der Waals surface area (Å²) in [5.74, 6) is 1.31. The van der Waals surface area contributed by atoms with E-state index < -0.39 is 0 Å². The summed E-state index contributed by atoms with van der Waals surface area (Å²) in [6.07, 6.45) is 1.11. The van der Waals surface area contributed by atoms with Crippen molar-refractivity contribution in [3.05, 3.63) is 28.2 Å². The van der Waals surface area contributed by atoms with Crippen LogP contribution in [0.5, 0.6) is 11.5 Å². The normalized spacial score (nSPS) is 14.4. The van der Waals surface area contributed by atoms with Crippen molar-refractivity contribution in [1.29, 1.82) is 0 Å². The molecule has 0 fully saturated rings. The molecule has 1 N–H and O–H groups in total. The van der Waals surface area contributed by atoms with Crippen LogP contribution in [0.15, 0.2) is 17.5 Å². The van der Waals surface area contributed by atoms with Crippen LogP contribution in [0.3, 0.4) is 0 Å². The SMILES string of the molecule is CCCNC(C)c1csc(-c2cc(Cl)c3c(c2)OCO3)n1. The minimum atomic E-state index is 0.222. The van der Waals surface area contributed by atoms with Crippen molar-refractivity contribution in [2.45, 2.75) is 26.3 Å². The molecule has 1 aliphatic heterocycles. The highest BCUT2D eigenvalue weighted by atomic mass is 35.5. The average molecular weight is 325 g/mol. The zero-order valence-electron chi connectivity index (χ0n) is 12.0. The summed E-state index contributed by atoms with van der Waals surface area (Å²) in [4.78, 5) is 4.70. The van der Waals surface area contributed by atoms with Gasteiger partial charge in [0.05, 0.1) is 10.7 Å². The highest BCUT2D eigenvalue weighted by molar-refractivity contribution is 7.13. The van der Waals surface area contributed by atoms with Gasteiger partial charge in [0.2, 0.25) is 6.79 Å². The van der Waals surface area contributed by atoms with Gasteiger partial charge in [0, 0.05) is 17.0 Å².